The van der Waals surface area contributed by atoms with Crippen molar-refractivity contribution in [2.45, 2.75) is 6.92 Å². The normalized spacial score (nSPS) is 11.8. The summed E-state index contributed by atoms with van der Waals surface area (Å²) < 4.78 is 0. The van der Waals surface area contributed by atoms with E-state index in [0.29, 0.717) is 18.1 Å². The van der Waals surface area contributed by atoms with E-state index in [0.717, 1.165) is 0 Å². The molecule has 1 aromatic rings. The van der Waals surface area contributed by atoms with E-state index in [9.17, 15) is 0 Å². The number of aliphatic hydroxyl groups excluding tert-OH is 1. The molecule has 0 aliphatic rings. The van der Waals surface area contributed by atoms with E-state index < -0.39 is 0 Å². The van der Waals surface area contributed by atoms with Crippen LogP contribution in [0, 0.1) is 17.2 Å². The number of hydrogen-bond acceptors (Lipinski definition) is 4. The molecule has 0 amide bonds. The Labute approximate surface area is 83.2 Å². The minimum Gasteiger partial charge on any atom is -0.396 e. The van der Waals surface area contributed by atoms with Crippen molar-refractivity contribution in [3.63, 3.8) is 0 Å². The highest BCUT2D eigenvalue weighted by atomic mass is 16.3. The molecule has 14 heavy (non-hydrogen) atoms. The molecule has 0 saturated heterocycles. The van der Waals surface area contributed by atoms with Gasteiger partial charge in [0.25, 0.3) is 0 Å². The second kappa shape index (κ2) is 5.20. The van der Waals surface area contributed by atoms with Gasteiger partial charge in [-0.1, -0.05) is 13.0 Å². The Hall–Kier alpha value is -1.60. The molecule has 1 aromatic heterocycles. The van der Waals surface area contributed by atoms with Crippen molar-refractivity contribution >= 4 is 5.82 Å². The van der Waals surface area contributed by atoms with E-state index >= 15 is 0 Å². The number of hydrogen-bond donors (Lipinski definition) is 2. The first kappa shape index (κ1) is 10.5. The van der Waals surface area contributed by atoms with Crippen LogP contribution in [0.5, 0.6) is 0 Å². The standard InChI is InChI=1S/C10H13N3O/c1-8(7-14)6-12-10-4-2-3-9(5-11)13-10/h2-4,8,14H,6-7H2,1H3,(H,12,13). The molecule has 0 fully saturated rings. The van der Waals surface area contributed by atoms with E-state index in [1.807, 2.05) is 13.0 Å². The molecule has 4 nitrogen and oxygen atoms in total. The average molecular weight is 191 g/mol. The van der Waals surface area contributed by atoms with E-state index in [2.05, 4.69) is 10.3 Å². The van der Waals surface area contributed by atoms with Crippen molar-refractivity contribution in [2.75, 3.05) is 18.5 Å². The zero-order valence-electron chi connectivity index (χ0n) is 8.07. The highest BCUT2D eigenvalue weighted by Gasteiger charge is 2.00. The second-order valence-electron chi connectivity index (χ2n) is 3.19. The quantitative estimate of drug-likeness (QED) is 0.744. The highest BCUT2D eigenvalue weighted by molar-refractivity contribution is 5.38. The molecule has 0 bridgehead atoms. The fourth-order valence-electron chi connectivity index (χ4n) is 0.939. The lowest BCUT2D eigenvalue weighted by Crippen LogP contribution is -2.15. The maximum absolute atomic E-state index is 8.80. The Kier molecular flexibility index (Phi) is 3.89. The van der Waals surface area contributed by atoms with E-state index in [1.165, 1.54) is 0 Å². The van der Waals surface area contributed by atoms with Gasteiger partial charge in [0.2, 0.25) is 0 Å². The molecular weight excluding hydrogens is 178 g/mol. The zero-order valence-corrected chi connectivity index (χ0v) is 8.07. The number of nitrogens with zero attached hydrogens (tertiary/aromatic N) is 2. The lowest BCUT2D eigenvalue weighted by atomic mass is 10.2. The van der Waals surface area contributed by atoms with Crippen molar-refractivity contribution in [2.24, 2.45) is 5.92 Å². The third-order valence-electron chi connectivity index (χ3n) is 1.81. The number of pyridine rings is 1. The number of aromatic nitrogens is 1. The molecule has 1 unspecified atom stereocenters. The summed E-state index contributed by atoms with van der Waals surface area (Å²) in [4.78, 5) is 4.04. The number of aliphatic hydroxyl groups is 1. The van der Waals surface area contributed by atoms with Gasteiger partial charge in [-0.2, -0.15) is 5.26 Å². The van der Waals surface area contributed by atoms with Crippen LogP contribution in [-0.4, -0.2) is 23.2 Å². The van der Waals surface area contributed by atoms with Gasteiger partial charge in [-0.25, -0.2) is 4.98 Å². The molecule has 1 atom stereocenters. The molecule has 0 aromatic carbocycles. The molecule has 0 radical (unpaired) electrons. The Bertz CT molecular complexity index is 332. The number of rotatable bonds is 4. The minimum absolute atomic E-state index is 0.144. The number of nitriles is 1. The molecule has 0 spiro atoms. The summed E-state index contributed by atoms with van der Waals surface area (Å²) >= 11 is 0. The molecule has 0 saturated carbocycles. The van der Waals surface area contributed by atoms with E-state index in [4.69, 9.17) is 10.4 Å². The molecule has 0 aliphatic carbocycles. The van der Waals surface area contributed by atoms with Crippen molar-refractivity contribution in [1.29, 1.82) is 5.26 Å². The number of anilines is 1. The predicted molar refractivity (Wildman–Crippen MR) is 53.7 cm³/mol. The van der Waals surface area contributed by atoms with Crippen LogP contribution in [-0.2, 0) is 0 Å². The van der Waals surface area contributed by atoms with Gasteiger partial charge in [0, 0.05) is 13.2 Å². The summed E-state index contributed by atoms with van der Waals surface area (Å²) in [7, 11) is 0. The lowest BCUT2D eigenvalue weighted by Gasteiger charge is -2.09. The molecule has 1 heterocycles. The van der Waals surface area contributed by atoms with Gasteiger partial charge in [-0.3, -0.25) is 0 Å². The van der Waals surface area contributed by atoms with Crippen molar-refractivity contribution < 1.29 is 5.11 Å². The van der Waals surface area contributed by atoms with Crippen LogP contribution in [0.1, 0.15) is 12.6 Å². The third kappa shape index (κ3) is 3.04. The predicted octanol–water partition coefficient (Wildman–Crippen LogP) is 0.994. The van der Waals surface area contributed by atoms with E-state index in [1.54, 1.807) is 18.2 Å². The van der Waals surface area contributed by atoms with Crippen molar-refractivity contribution in [3.05, 3.63) is 23.9 Å². The summed E-state index contributed by atoms with van der Waals surface area (Å²) in [6, 6.07) is 7.19. The monoisotopic (exact) mass is 191 g/mol. The fourth-order valence-corrected chi connectivity index (χ4v) is 0.939. The Morgan fingerprint density at radius 3 is 3.07 bits per heavy atom. The van der Waals surface area contributed by atoms with Crippen molar-refractivity contribution in [1.82, 2.24) is 4.98 Å². The SMILES string of the molecule is CC(CO)CNc1cccc(C#N)n1. The minimum atomic E-state index is 0.144. The van der Waals surface area contributed by atoms with Gasteiger partial charge >= 0.3 is 0 Å². The first-order valence-corrected chi connectivity index (χ1v) is 4.48. The Morgan fingerprint density at radius 2 is 2.43 bits per heavy atom. The lowest BCUT2D eigenvalue weighted by molar-refractivity contribution is 0.244. The average Bonchev–Trinajstić information content (AvgIpc) is 2.26. The molecule has 4 heteroatoms. The molecule has 1 rings (SSSR count). The van der Waals surface area contributed by atoms with Crippen molar-refractivity contribution in [3.8, 4) is 6.07 Å². The smallest absolute Gasteiger partial charge is 0.142 e. The molecule has 74 valence electrons. The molecule has 2 N–H and O–H groups in total. The highest BCUT2D eigenvalue weighted by Crippen LogP contribution is 2.04. The largest absolute Gasteiger partial charge is 0.396 e. The molecule has 0 aliphatic heterocycles. The van der Waals surface area contributed by atoms with Crippen LogP contribution in [0.3, 0.4) is 0 Å². The van der Waals surface area contributed by atoms with Crippen LogP contribution in [0.15, 0.2) is 18.2 Å². The summed E-state index contributed by atoms with van der Waals surface area (Å²) in [6.07, 6.45) is 0. The Morgan fingerprint density at radius 1 is 1.64 bits per heavy atom. The summed E-state index contributed by atoms with van der Waals surface area (Å²) in [5, 5.41) is 20.5. The van der Waals surface area contributed by atoms with Crippen LogP contribution in [0.25, 0.3) is 0 Å². The van der Waals surface area contributed by atoms with Gasteiger partial charge in [0.15, 0.2) is 0 Å². The topological polar surface area (TPSA) is 68.9 Å². The fraction of sp³-hybridized carbons (Fsp3) is 0.400. The van der Waals surface area contributed by atoms with Crippen LogP contribution in [0.2, 0.25) is 0 Å². The van der Waals surface area contributed by atoms with Gasteiger partial charge in [-0.05, 0) is 18.1 Å². The van der Waals surface area contributed by atoms with Gasteiger partial charge in [0.05, 0.1) is 0 Å². The second-order valence-corrected chi connectivity index (χ2v) is 3.19. The van der Waals surface area contributed by atoms with Gasteiger partial charge in [0.1, 0.15) is 17.6 Å². The van der Waals surface area contributed by atoms with Crippen LogP contribution < -0.4 is 5.32 Å². The van der Waals surface area contributed by atoms with E-state index in [-0.39, 0.29) is 12.5 Å². The third-order valence-corrected chi connectivity index (χ3v) is 1.81. The van der Waals surface area contributed by atoms with Crippen LogP contribution >= 0.6 is 0 Å². The maximum atomic E-state index is 8.80. The molecular formula is C10H13N3O. The van der Waals surface area contributed by atoms with Gasteiger partial charge < -0.3 is 10.4 Å². The first-order valence-electron chi connectivity index (χ1n) is 4.48. The first-order chi connectivity index (χ1) is 6.76. The number of nitrogens with one attached hydrogen (secondary N) is 1. The summed E-state index contributed by atoms with van der Waals surface area (Å²) in [5.74, 6) is 0.854. The summed E-state index contributed by atoms with van der Waals surface area (Å²) in [5.41, 5.74) is 0.395. The maximum Gasteiger partial charge on any atom is 0.142 e. The Balaban J connectivity index is 2.55. The van der Waals surface area contributed by atoms with Crippen LogP contribution in [0.4, 0.5) is 5.82 Å². The zero-order chi connectivity index (χ0) is 10.4. The van der Waals surface area contributed by atoms with Gasteiger partial charge in [-0.15, -0.1) is 0 Å². The summed E-state index contributed by atoms with van der Waals surface area (Å²) in [6.45, 7) is 2.73.